The Hall–Kier alpha value is -2.75. The second-order valence-electron chi connectivity index (χ2n) is 9.08. The number of carbonyl (C=O) groups excluding carboxylic acids is 2. The lowest BCUT2D eigenvalue weighted by Crippen LogP contribution is -2.40. The maximum Gasteiger partial charge on any atom is 0.255 e. The summed E-state index contributed by atoms with van der Waals surface area (Å²) < 4.78 is 27.6. The Morgan fingerprint density at radius 2 is 1.74 bits per heavy atom. The van der Waals surface area contributed by atoms with Crippen molar-refractivity contribution in [2.75, 3.05) is 31.5 Å². The standard InChI is InChI=1S/C25H32N4O4S/c26-24(30)21-10-7-13-28(18-21)17-20-8-2-3-12-23(20)27-25(31)19-9-6-11-22(16-19)34(32,33)29-14-4-1-5-15-29/h2-3,6,8-9,11-12,16,21H,1,4-5,7,10,13-15,17-18H2,(H2,26,30)(H,27,31). The van der Waals surface area contributed by atoms with Crippen LogP contribution in [-0.2, 0) is 21.4 Å². The zero-order chi connectivity index (χ0) is 24.1. The molecule has 2 fully saturated rings. The van der Waals surface area contributed by atoms with Crippen LogP contribution in [0.5, 0.6) is 0 Å². The van der Waals surface area contributed by atoms with Gasteiger partial charge in [0.1, 0.15) is 0 Å². The van der Waals surface area contributed by atoms with E-state index < -0.39 is 10.0 Å². The molecule has 2 heterocycles. The number of hydrogen-bond acceptors (Lipinski definition) is 5. The Balaban J connectivity index is 1.48. The van der Waals surface area contributed by atoms with E-state index in [0.717, 1.165) is 44.2 Å². The van der Waals surface area contributed by atoms with Crippen molar-refractivity contribution < 1.29 is 18.0 Å². The molecule has 0 aromatic heterocycles. The molecule has 1 unspecified atom stereocenters. The molecule has 0 radical (unpaired) electrons. The summed E-state index contributed by atoms with van der Waals surface area (Å²) in [4.78, 5) is 27.0. The van der Waals surface area contributed by atoms with Gasteiger partial charge in [0.25, 0.3) is 5.91 Å². The van der Waals surface area contributed by atoms with Gasteiger partial charge in [-0.25, -0.2) is 8.42 Å². The Labute approximate surface area is 201 Å². The molecule has 2 aromatic carbocycles. The highest BCUT2D eigenvalue weighted by Gasteiger charge is 2.27. The second-order valence-corrected chi connectivity index (χ2v) is 11.0. The molecule has 0 saturated carbocycles. The molecule has 0 spiro atoms. The molecular weight excluding hydrogens is 452 g/mol. The van der Waals surface area contributed by atoms with Gasteiger partial charge in [-0.3, -0.25) is 14.5 Å². The van der Waals surface area contributed by atoms with E-state index in [1.807, 2.05) is 24.3 Å². The summed E-state index contributed by atoms with van der Waals surface area (Å²) in [5.41, 5.74) is 7.39. The first-order valence-corrected chi connectivity index (χ1v) is 13.3. The number of primary amides is 1. The number of carbonyl (C=O) groups is 2. The van der Waals surface area contributed by atoms with Crippen molar-refractivity contribution in [3.63, 3.8) is 0 Å². The molecule has 2 amide bonds. The van der Waals surface area contributed by atoms with Crippen molar-refractivity contribution in [1.82, 2.24) is 9.21 Å². The van der Waals surface area contributed by atoms with Gasteiger partial charge < -0.3 is 11.1 Å². The number of likely N-dealkylation sites (tertiary alicyclic amines) is 1. The summed E-state index contributed by atoms with van der Waals surface area (Å²) in [6.07, 6.45) is 4.45. The van der Waals surface area contributed by atoms with Crippen molar-refractivity contribution in [2.45, 2.75) is 43.5 Å². The largest absolute Gasteiger partial charge is 0.369 e. The molecule has 2 aliphatic heterocycles. The van der Waals surface area contributed by atoms with E-state index in [2.05, 4.69) is 10.2 Å². The molecule has 4 rings (SSSR count). The maximum atomic E-state index is 13.1. The van der Waals surface area contributed by atoms with E-state index in [4.69, 9.17) is 5.73 Å². The maximum absolute atomic E-state index is 13.1. The van der Waals surface area contributed by atoms with E-state index in [1.54, 1.807) is 18.2 Å². The Morgan fingerprint density at radius 3 is 2.50 bits per heavy atom. The highest BCUT2D eigenvalue weighted by Crippen LogP contribution is 2.24. The van der Waals surface area contributed by atoms with Gasteiger partial charge in [0, 0.05) is 37.4 Å². The van der Waals surface area contributed by atoms with Crippen molar-refractivity contribution in [3.8, 4) is 0 Å². The smallest absolute Gasteiger partial charge is 0.255 e. The Kier molecular flexibility index (Phi) is 7.65. The van der Waals surface area contributed by atoms with Crippen LogP contribution in [0.25, 0.3) is 0 Å². The average molecular weight is 485 g/mol. The highest BCUT2D eigenvalue weighted by molar-refractivity contribution is 7.89. The minimum absolute atomic E-state index is 0.140. The van der Waals surface area contributed by atoms with E-state index in [9.17, 15) is 18.0 Å². The van der Waals surface area contributed by atoms with Crippen LogP contribution in [0, 0.1) is 5.92 Å². The predicted octanol–water partition coefficient (Wildman–Crippen LogP) is 2.81. The third kappa shape index (κ3) is 5.65. The fourth-order valence-electron chi connectivity index (χ4n) is 4.70. The zero-order valence-electron chi connectivity index (χ0n) is 19.3. The minimum Gasteiger partial charge on any atom is -0.369 e. The monoisotopic (exact) mass is 484 g/mol. The molecule has 34 heavy (non-hydrogen) atoms. The van der Waals surface area contributed by atoms with E-state index in [1.165, 1.54) is 10.4 Å². The number of anilines is 1. The Bertz CT molecular complexity index is 1150. The lowest BCUT2D eigenvalue weighted by atomic mass is 9.97. The van der Waals surface area contributed by atoms with Crippen LogP contribution in [0.4, 0.5) is 5.69 Å². The first kappa shape index (κ1) is 24.4. The number of para-hydroxylation sites is 1. The molecule has 9 heteroatoms. The topological polar surface area (TPSA) is 113 Å². The quantitative estimate of drug-likeness (QED) is 0.628. The first-order valence-electron chi connectivity index (χ1n) is 11.9. The number of benzene rings is 2. The Morgan fingerprint density at radius 1 is 0.971 bits per heavy atom. The molecule has 8 nitrogen and oxygen atoms in total. The van der Waals surface area contributed by atoms with Gasteiger partial charge in [-0.2, -0.15) is 4.31 Å². The van der Waals surface area contributed by atoms with Crippen molar-refractivity contribution >= 4 is 27.5 Å². The molecule has 2 saturated heterocycles. The lowest BCUT2D eigenvalue weighted by Gasteiger charge is -2.31. The van der Waals surface area contributed by atoms with Gasteiger partial charge in [0.2, 0.25) is 15.9 Å². The summed E-state index contributed by atoms with van der Waals surface area (Å²) >= 11 is 0. The number of sulfonamides is 1. The molecule has 1 atom stereocenters. The molecular formula is C25H32N4O4S. The molecule has 0 bridgehead atoms. The van der Waals surface area contributed by atoms with Crippen LogP contribution in [0.15, 0.2) is 53.4 Å². The molecule has 3 N–H and O–H groups in total. The lowest BCUT2D eigenvalue weighted by molar-refractivity contribution is -0.123. The van der Waals surface area contributed by atoms with Crippen LogP contribution in [0.2, 0.25) is 0 Å². The highest BCUT2D eigenvalue weighted by atomic mass is 32.2. The van der Waals surface area contributed by atoms with Crippen molar-refractivity contribution in [3.05, 3.63) is 59.7 Å². The summed E-state index contributed by atoms with van der Waals surface area (Å²) in [6.45, 7) is 3.08. The minimum atomic E-state index is -3.62. The normalized spacial score (nSPS) is 20.1. The molecule has 2 aliphatic rings. The summed E-state index contributed by atoms with van der Waals surface area (Å²) in [6, 6.07) is 13.7. The van der Waals surface area contributed by atoms with E-state index in [0.29, 0.717) is 37.4 Å². The van der Waals surface area contributed by atoms with Crippen LogP contribution >= 0.6 is 0 Å². The van der Waals surface area contributed by atoms with Crippen LogP contribution in [0.3, 0.4) is 0 Å². The summed E-state index contributed by atoms with van der Waals surface area (Å²) in [5, 5.41) is 2.94. The van der Waals surface area contributed by atoms with Crippen LogP contribution < -0.4 is 11.1 Å². The van der Waals surface area contributed by atoms with Gasteiger partial charge in [0.05, 0.1) is 10.8 Å². The SMILES string of the molecule is NC(=O)C1CCCN(Cc2ccccc2NC(=O)c2cccc(S(=O)(=O)N3CCCCC3)c2)C1. The van der Waals surface area contributed by atoms with E-state index >= 15 is 0 Å². The number of hydrogen-bond donors (Lipinski definition) is 2. The fraction of sp³-hybridized carbons (Fsp3) is 0.440. The zero-order valence-corrected chi connectivity index (χ0v) is 20.1. The van der Waals surface area contributed by atoms with E-state index in [-0.39, 0.29) is 22.6 Å². The molecule has 182 valence electrons. The molecule has 0 aliphatic carbocycles. The fourth-order valence-corrected chi connectivity index (χ4v) is 6.26. The van der Waals surface area contributed by atoms with Gasteiger partial charge in [-0.1, -0.05) is 30.7 Å². The predicted molar refractivity (Wildman–Crippen MR) is 131 cm³/mol. The first-order chi connectivity index (χ1) is 16.3. The van der Waals surface area contributed by atoms with Gasteiger partial charge >= 0.3 is 0 Å². The second kappa shape index (κ2) is 10.7. The number of nitrogens with two attached hydrogens (primary N) is 1. The number of nitrogens with zero attached hydrogens (tertiary/aromatic N) is 2. The third-order valence-electron chi connectivity index (χ3n) is 6.62. The third-order valence-corrected chi connectivity index (χ3v) is 8.51. The summed E-state index contributed by atoms with van der Waals surface area (Å²) in [5.74, 6) is -0.789. The van der Waals surface area contributed by atoms with Crippen LogP contribution in [0.1, 0.15) is 48.0 Å². The number of amides is 2. The summed E-state index contributed by atoms with van der Waals surface area (Å²) in [7, 11) is -3.62. The molecule has 2 aromatic rings. The number of rotatable bonds is 7. The number of piperidine rings is 2. The van der Waals surface area contributed by atoms with Gasteiger partial charge in [-0.15, -0.1) is 0 Å². The van der Waals surface area contributed by atoms with Gasteiger partial charge in [0.15, 0.2) is 0 Å². The van der Waals surface area contributed by atoms with Gasteiger partial charge in [-0.05, 0) is 62.1 Å². The van der Waals surface area contributed by atoms with Crippen molar-refractivity contribution in [1.29, 1.82) is 0 Å². The number of nitrogens with one attached hydrogen (secondary N) is 1. The van der Waals surface area contributed by atoms with Crippen LogP contribution in [-0.4, -0.2) is 55.6 Å². The van der Waals surface area contributed by atoms with Crippen molar-refractivity contribution in [2.24, 2.45) is 11.7 Å². The average Bonchev–Trinajstić information content (AvgIpc) is 2.86.